The first kappa shape index (κ1) is 10.5. The minimum absolute atomic E-state index is 0.462. The number of carbonyl (C=O) groups excluding carboxylic acids is 1. The minimum Gasteiger partial charge on any atom is -0.298 e. The monoisotopic (exact) mass is 212 g/mol. The van der Waals surface area contributed by atoms with Gasteiger partial charge in [-0.2, -0.15) is 11.8 Å². The van der Waals surface area contributed by atoms with Crippen LogP contribution in [0.3, 0.4) is 0 Å². The van der Waals surface area contributed by atoms with E-state index in [9.17, 15) is 4.79 Å². The van der Waals surface area contributed by atoms with Gasteiger partial charge in [-0.15, -0.1) is 0 Å². The topological polar surface area (TPSA) is 17.1 Å². The summed E-state index contributed by atoms with van der Waals surface area (Å²) in [5.74, 6) is 2.66. The predicted molar refractivity (Wildman–Crippen MR) is 61.6 cm³/mol. The zero-order valence-electron chi connectivity index (χ0n) is 9.00. The van der Waals surface area contributed by atoms with Crippen molar-refractivity contribution in [2.45, 2.75) is 50.7 Å². The van der Waals surface area contributed by atoms with Crippen molar-refractivity contribution >= 4 is 17.5 Å². The molecule has 2 aliphatic rings. The van der Waals surface area contributed by atoms with Gasteiger partial charge < -0.3 is 0 Å². The van der Waals surface area contributed by atoms with Gasteiger partial charge in [-0.25, -0.2) is 0 Å². The number of carbonyl (C=O) groups is 1. The normalized spacial score (nSPS) is 32.9. The third-order valence-electron chi connectivity index (χ3n) is 3.38. The van der Waals surface area contributed by atoms with Gasteiger partial charge >= 0.3 is 0 Å². The second-order valence-electron chi connectivity index (χ2n) is 4.95. The molecule has 80 valence electrons. The lowest BCUT2D eigenvalue weighted by atomic mass is 9.91. The molecule has 0 amide bonds. The molecule has 0 aromatic heterocycles. The van der Waals surface area contributed by atoms with Crippen molar-refractivity contribution in [1.82, 2.24) is 0 Å². The number of rotatable bonds is 4. The third kappa shape index (κ3) is 3.01. The summed E-state index contributed by atoms with van der Waals surface area (Å²) in [7, 11) is 0. The molecule has 0 saturated heterocycles. The Kier molecular flexibility index (Phi) is 3.53. The Balaban J connectivity index is 1.66. The Hall–Kier alpha value is 0.0200. The Morgan fingerprint density at radius 3 is 2.71 bits per heavy atom. The van der Waals surface area contributed by atoms with E-state index in [1.54, 1.807) is 0 Å². The van der Waals surface area contributed by atoms with Crippen LogP contribution in [0.5, 0.6) is 0 Å². The molecule has 2 fully saturated rings. The summed E-state index contributed by atoms with van der Waals surface area (Å²) >= 11 is 1.93. The van der Waals surface area contributed by atoms with Crippen LogP contribution in [0.25, 0.3) is 0 Å². The molecule has 0 radical (unpaired) electrons. The Morgan fingerprint density at radius 1 is 1.29 bits per heavy atom. The fourth-order valence-corrected chi connectivity index (χ4v) is 3.69. The second kappa shape index (κ2) is 4.69. The first-order valence-electron chi connectivity index (χ1n) is 5.90. The van der Waals surface area contributed by atoms with E-state index < -0.39 is 0 Å². The van der Waals surface area contributed by atoms with Gasteiger partial charge in [0.15, 0.2) is 0 Å². The van der Waals surface area contributed by atoms with E-state index in [1.165, 1.54) is 38.5 Å². The molecule has 0 spiro atoms. The first-order chi connectivity index (χ1) is 6.75. The van der Waals surface area contributed by atoms with Crippen LogP contribution >= 0.6 is 11.8 Å². The van der Waals surface area contributed by atoms with Gasteiger partial charge in [0, 0.05) is 11.2 Å². The lowest BCUT2D eigenvalue weighted by Gasteiger charge is -2.25. The van der Waals surface area contributed by atoms with Crippen molar-refractivity contribution in [2.75, 3.05) is 5.75 Å². The zero-order chi connectivity index (χ0) is 9.97. The Labute approximate surface area is 91.0 Å². The van der Waals surface area contributed by atoms with Crippen molar-refractivity contribution in [2.24, 2.45) is 11.8 Å². The quantitative estimate of drug-likeness (QED) is 0.711. The fourth-order valence-electron chi connectivity index (χ4n) is 2.25. The Morgan fingerprint density at radius 2 is 2.07 bits per heavy atom. The number of hydrogen-bond donors (Lipinski definition) is 0. The Bertz CT molecular complexity index is 210. The van der Waals surface area contributed by atoms with Crippen molar-refractivity contribution in [3.05, 3.63) is 0 Å². The van der Waals surface area contributed by atoms with Crippen molar-refractivity contribution in [1.29, 1.82) is 0 Å². The van der Waals surface area contributed by atoms with Crippen molar-refractivity contribution < 1.29 is 4.79 Å². The highest BCUT2D eigenvalue weighted by atomic mass is 32.2. The number of hydrogen-bond acceptors (Lipinski definition) is 2. The maximum Gasteiger partial charge on any atom is 0.145 e. The molecule has 2 atom stereocenters. The summed E-state index contributed by atoms with van der Waals surface area (Å²) in [4.78, 5) is 11.5. The molecule has 0 bridgehead atoms. The van der Waals surface area contributed by atoms with Crippen LogP contribution in [0.4, 0.5) is 0 Å². The van der Waals surface area contributed by atoms with Gasteiger partial charge in [-0.05, 0) is 31.6 Å². The standard InChI is InChI=1S/C12H20OS/c1-9-3-2-4-11(7-9)14-8-12(13)10-5-6-10/h9-11H,2-8H2,1H3. The lowest BCUT2D eigenvalue weighted by Crippen LogP contribution is -2.17. The smallest absolute Gasteiger partial charge is 0.145 e. The molecule has 0 aromatic rings. The zero-order valence-corrected chi connectivity index (χ0v) is 9.81. The van der Waals surface area contributed by atoms with Crippen LogP contribution < -0.4 is 0 Å². The molecule has 2 unspecified atom stereocenters. The first-order valence-corrected chi connectivity index (χ1v) is 6.95. The fraction of sp³-hybridized carbons (Fsp3) is 0.917. The summed E-state index contributed by atoms with van der Waals surface area (Å²) in [6.07, 6.45) is 7.78. The number of thioether (sulfide) groups is 1. The average molecular weight is 212 g/mol. The second-order valence-corrected chi connectivity index (χ2v) is 6.23. The molecule has 2 heteroatoms. The van der Waals surface area contributed by atoms with Gasteiger partial charge in [0.05, 0.1) is 5.75 Å². The SMILES string of the molecule is CC1CCCC(SCC(=O)C2CC2)C1. The van der Waals surface area contributed by atoms with E-state index in [1.807, 2.05) is 11.8 Å². The highest BCUT2D eigenvalue weighted by Gasteiger charge is 2.30. The van der Waals surface area contributed by atoms with Crippen LogP contribution in [0, 0.1) is 11.8 Å². The number of Topliss-reactive ketones (excluding diaryl/α,β-unsaturated/α-hetero) is 1. The average Bonchev–Trinajstić information content (AvgIpc) is 2.97. The van der Waals surface area contributed by atoms with Crippen LogP contribution in [-0.2, 0) is 4.79 Å². The van der Waals surface area contributed by atoms with Crippen molar-refractivity contribution in [3.63, 3.8) is 0 Å². The van der Waals surface area contributed by atoms with Gasteiger partial charge in [0.2, 0.25) is 0 Å². The minimum atomic E-state index is 0.462. The van der Waals surface area contributed by atoms with Gasteiger partial charge in [-0.3, -0.25) is 4.79 Å². The van der Waals surface area contributed by atoms with Gasteiger partial charge in [-0.1, -0.05) is 19.8 Å². The van der Waals surface area contributed by atoms with E-state index in [0.29, 0.717) is 11.7 Å². The van der Waals surface area contributed by atoms with Gasteiger partial charge in [0.1, 0.15) is 5.78 Å². The molecule has 0 aromatic carbocycles. The maximum atomic E-state index is 11.5. The molecule has 0 N–H and O–H groups in total. The molecular formula is C12H20OS. The van der Waals surface area contributed by atoms with Crippen LogP contribution in [0.2, 0.25) is 0 Å². The molecule has 0 heterocycles. The van der Waals surface area contributed by atoms with Crippen LogP contribution in [0.1, 0.15) is 45.4 Å². The molecule has 0 aliphatic heterocycles. The number of ketones is 1. The van der Waals surface area contributed by atoms with Crippen LogP contribution in [0.15, 0.2) is 0 Å². The molecule has 1 nitrogen and oxygen atoms in total. The summed E-state index contributed by atoms with van der Waals surface area (Å²) in [6, 6.07) is 0. The summed E-state index contributed by atoms with van der Waals surface area (Å²) in [5, 5.41) is 0.779. The van der Waals surface area contributed by atoms with Crippen molar-refractivity contribution in [3.8, 4) is 0 Å². The van der Waals surface area contributed by atoms with E-state index in [0.717, 1.165) is 16.9 Å². The highest BCUT2D eigenvalue weighted by molar-refractivity contribution is 8.00. The molecule has 2 aliphatic carbocycles. The predicted octanol–water partition coefficient (Wildman–Crippen LogP) is 3.28. The largest absolute Gasteiger partial charge is 0.298 e. The molecule has 14 heavy (non-hydrogen) atoms. The molecule has 2 saturated carbocycles. The molecular weight excluding hydrogens is 192 g/mol. The summed E-state index contributed by atoms with van der Waals surface area (Å²) < 4.78 is 0. The summed E-state index contributed by atoms with van der Waals surface area (Å²) in [6.45, 7) is 2.34. The third-order valence-corrected chi connectivity index (χ3v) is 4.73. The summed E-state index contributed by atoms with van der Waals surface area (Å²) in [5.41, 5.74) is 0. The highest BCUT2D eigenvalue weighted by Crippen LogP contribution is 2.35. The maximum absolute atomic E-state index is 11.5. The lowest BCUT2D eigenvalue weighted by molar-refractivity contribution is -0.117. The van der Waals surface area contributed by atoms with E-state index in [4.69, 9.17) is 0 Å². The van der Waals surface area contributed by atoms with E-state index in [-0.39, 0.29) is 0 Å². The van der Waals surface area contributed by atoms with E-state index >= 15 is 0 Å². The van der Waals surface area contributed by atoms with Gasteiger partial charge in [0.25, 0.3) is 0 Å². The van der Waals surface area contributed by atoms with E-state index in [2.05, 4.69) is 6.92 Å². The molecule has 2 rings (SSSR count). The van der Waals surface area contributed by atoms with Crippen LogP contribution in [-0.4, -0.2) is 16.8 Å².